The molecule has 1 aromatic carbocycles. The van der Waals surface area contributed by atoms with Gasteiger partial charge >= 0.3 is 27.3 Å². The molecule has 0 unspecified atom stereocenters. The Balaban J connectivity index is 0.000000490. The normalized spacial score (nSPS) is 7.50. The van der Waals surface area contributed by atoms with Gasteiger partial charge in [-0.25, -0.2) is 0 Å². The third-order valence-corrected chi connectivity index (χ3v) is 0.743. The molecule has 0 N–H and O–H groups in total. The molecule has 0 heterocycles. The molecule has 0 aromatic heterocycles. The number of para-hydroxylation sites is 1. The molecule has 0 spiro atoms. The molecule has 2 heteroatoms. The molecule has 1 rings (SSSR count). The number of hydrogen-bond acceptors (Lipinski definition) is 1. The van der Waals surface area contributed by atoms with Crippen LogP contribution in [0.15, 0.2) is 30.3 Å². The molecule has 36 valence electrons. The zero-order chi connectivity index (χ0) is 5.11. The van der Waals surface area contributed by atoms with Gasteiger partial charge in [-0.2, -0.15) is 0 Å². The van der Waals surface area contributed by atoms with Crippen LogP contribution >= 0.6 is 0 Å². The molecular weight excluding hydrogens is 200 g/mol. The third-order valence-electron chi connectivity index (χ3n) is 0.743. The molecule has 0 amide bonds. The van der Waals surface area contributed by atoms with E-state index >= 15 is 0 Å². The molecule has 0 radical (unpaired) electrons. The van der Waals surface area contributed by atoms with Crippen molar-refractivity contribution in [2.24, 2.45) is 0 Å². The predicted octanol–water partition coefficient (Wildman–Crippen LogP) is 0.758. The second-order valence-corrected chi connectivity index (χ2v) is 1.31. The van der Waals surface area contributed by atoms with Crippen LogP contribution in [-0.4, -0.2) is 0 Å². The van der Waals surface area contributed by atoms with Crippen LogP contribution in [0.4, 0.5) is 0 Å². The van der Waals surface area contributed by atoms with Gasteiger partial charge in [0.1, 0.15) is 0 Å². The molecule has 0 atom stereocenters. The predicted molar refractivity (Wildman–Crippen MR) is 25.9 cm³/mol. The Morgan fingerprint density at radius 3 is 1.75 bits per heavy atom. The Morgan fingerprint density at radius 2 is 1.50 bits per heavy atom. The van der Waals surface area contributed by atoms with Crippen molar-refractivity contribution in [3.63, 3.8) is 0 Å². The zero-order valence-corrected chi connectivity index (χ0v) is 8.54. The third kappa shape index (κ3) is 2.30. The number of hydrogen-bond donors (Lipinski definition) is 0. The Morgan fingerprint density at radius 1 is 1.00 bits per heavy atom. The van der Waals surface area contributed by atoms with E-state index in [1.807, 2.05) is 6.07 Å². The minimum atomic E-state index is 0. The van der Waals surface area contributed by atoms with Crippen molar-refractivity contribution in [1.29, 1.82) is 0 Å². The second-order valence-electron chi connectivity index (χ2n) is 1.31. The maximum absolute atomic E-state index is 10.3. The Labute approximate surface area is 68.5 Å². The monoisotopic (exact) mass is 207 g/mol. The molecule has 1 nitrogen and oxygen atoms in total. The fourth-order valence-electron chi connectivity index (χ4n) is 0.420. The van der Waals surface area contributed by atoms with Crippen molar-refractivity contribution < 1.29 is 32.4 Å². The van der Waals surface area contributed by atoms with Crippen LogP contribution in [0.3, 0.4) is 0 Å². The summed E-state index contributed by atoms with van der Waals surface area (Å²) >= 11 is 0. The summed E-state index contributed by atoms with van der Waals surface area (Å²) in [5, 5.41) is 10.3. The Kier molecular flexibility index (Phi) is 3.86. The maximum atomic E-state index is 10.3. The van der Waals surface area contributed by atoms with Crippen LogP contribution in [0.25, 0.3) is 0 Å². The van der Waals surface area contributed by atoms with E-state index in [0.29, 0.717) is 0 Å². The van der Waals surface area contributed by atoms with Crippen LogP contribution in [0, 0.1) is 0 Å². The van der Waals surface area contributed by atoms with E-state index in [1.54, 1.807) is 12.1 Å². The standard InChI is InChI=1S/C6H6O.Cd/c7-6-4-2-1-3-5-6;/h1-5,7H;/q;+2/p-1. The molecule has 0 aliphatic rings. The minimum absolute atomic E-state index is 0. The van der Waals surface area contributed by atoms with E-state index in [9.17, 15) is 5.11 Å². The van der Waals surface area contributed by atoms with E-state index < -0.39 is 0 Å². The molecule has 8 heavy (non-hydrogen) atoms. The van der Waals surface area contributed by atoms with E-state index in [0.717, 1.165) is 0 Å². The molecule has 0 fully saturated rings. The van der Waals surface area contributed by atoms with Gasteiger partial charge in [0.2, 0.25) is 0 Å². The van der Waals surface area contributed by atoms with Crippen LogP contribution < -0.4 is 5.11 Å². The van der Waals surface area contributed by atoms with Gasteiger partial charge < -0.3 is 5.11 Å². The van der Waals surface area contributed by atoms with Crippen molar-refractivity contribution in [2.75, 3.05) is 0 Å². The van der Waals surface area contributed by atoms with Gasteiger partial charge in [-0.15, -0.1) is 5.75 Å². The van der Waals surface area contributed by atoms with E-state index in [4.69, 9.17) is 0 Å². The molecule has 0 saturated heterocycles. The van der Waals surface area contributed by atoms with Gasteiger partial charge in [0.25, 0.3) is 0 Å². The summed E-state index contributed by atoms with van der Waals surface area (Å²) in [5.74, 6) is 0.0718. The van der Waals surface area contributed by atoms with Gasteiger partial charge in [-0.1, -0.05) is 30.3 Å². The van der Waals surface area contributed by atoms with Gasteiger partial charge in [0.15, 0.2) is 0 Å². The molecular formula is C6H5CdO+. The van der Waals surface area contributed by atoms with Crippen molar-refractivity contribution in [3.8, 4) is 5.75 Å². The van der Waals surface area contributed by atoms with Crippen molar-refractivity contribution >= 4 is 0 Å². The van der Waals surface area contributed by atoms with Crippen molar-refractivity contribution in [1.82, 2.24) is 0 Å². The van der Waals surface area contributed by atoms with Gasteiger partial charge in [-0.3, -0.25) is 0 Å². The van der Waals surface area contributed by atoms with Crippen LogP contribution in [-0.2, 0) is 27.3 Å². The summed E-state index contributed by atoms with van der Waals surface area (Å²) in [7, 11) is 0. The van der Waals surface area contributed by atoms with Crippen LogP contribution in [0.2, 0.25) is 0 Å². The summed E-state index contributed by atoms with van der Waals surface area (Å²) in [6, 6.07) is 8.33. The Bertz CT molecular complexity index is 138. The smallest absolute Gasteiger partial charge is 0.872 e. The molecule has 0 aliphatic heterocycles. The quantitative estimate of drug-likeness (QED) is 0.574. The van der Waals surface area contributed by atoms with Crippen molar-refractivity contribution in [2.45, 2.75) is 0 Å². The van der Waals surface area contributed by atoms with Gasteiger partial charge in [-0.05, 0) is 0 Å². The first-order chi connectivity index (χ1) is 3.39. The molecule has 0 aliphatic carbocycles. The van der Waals surface area contributed by atoms with Gasteiger partial charge in [0.05, 0.1) is 0 Å². The summed E-state index contributed by atoms with van der Waals surface area (Å²) < 4.78 is 0. The van der Waals surface area contributed by atoms with E-state index in [-0.39, 0.29) is 33.0 Å². The average molecular weight is 206 g/mol. The van der Waals surface area contributed by atoms with Crippen LogP contribution in [0.5, 0.6) is 5.75 Å². The van der Waals surface area contributed by atoms with E-state index in [2.05, 4.69) is 0 Å². The first-order valence-electron chi connectivity index (χ1n) is 2.11. The number of rotatable bonds is 0. The Hall–Kier alpha value is -0.0579. The first-order valence-corrected chi connectivity index (χ1v) is 2.11. The molecule has 0 bridgehead atoms. The molecule has 1 aromatic rings. The largest absolute Gasteiger partial charge is 2.00 e. The number of benzene rings is 1. The average Bonchev–Trinajstić information content (AvgIpc) is 1.69. The zero-order valence-electron chi connectivity index (χ0n) is 4.50. The fourth-order valence-corrected chi connectivity index (χ4v) is 0.420. The van der Waals surface area contributed by atoms with Crippen molar-refractivity contribution in [3.05, 3.63) is 30.3 Å². The summed E-state index contributed by atoms with van der Waals surface area (Å²) in [5.41, 5.74) is 0. The topological polar surface area (TPSA) is 23.1 Å². The first kappa shape index (κ1) is 7.94. The van der Waals surface area contributed by atoms with Gasteiger partial charge in [0, 0.05) is 0 Å². The van der Waals surface area contributed by atoms with E-state index in [1.165, 1.54) is 12.1 Å². The molecule has 0 saturated carbocycles. The fraction of sp³-hybridized carbons (Fsp3) is 0. The second kappa shape index (κ2) is 3.89. The minimum Gasteiger partial charge on any atom is -0.872 e. The summed E-state index contributed by atoms with van der Waals surface area (Å²) in [6.07, 6.45) is 0. The van der Waals surface area contributed by atoms with Crippen LogP contribution in [0.1, 0.15) is 0 Å². The summed E-state index contributed by atoms with van der Waals surface area (Å²) in [6.45, 7) is 0. The maximum Gasteiger partial charge on any atom is 2.00 e. The summed E-state index contributed by atoms with van der Waals surface area (Å²) in [4.78, 5) is 0. The SMILES string of the molecule is [Cd+2].[O-]c1ccccc1.